The fourth-order valence-corrected chi connectivity index (χ4v) is 3.76. The van der Waals surface area contributed by atoms with Crippen LogP contribution in [0.25, 0.3) is 0 Å². The lowest BCUT2D eigenvalue weighted by Gasteiger charge is -2.34. The van der Waals surface area contributed by atoms with Crippen LogP contribution in [0, 0.1) is 0 Å². The molecule has 4 rings (SSSR count). The fraction of sp³-hybridized carbons (Fsp3) is 0.286. The van der Waals surface area contributed by atoms with E-state index in [0.717, 1.165) is 29.6 Å². The van der Waals surface area contributed by atoms with E-state index in [1.807, 2.05) is 24.3 Å². The molecule has 0 radical (unpaired) electrons. The Morgan fingerprint density at radius 1 is 0.929 bits per heavy atom. The summed E-state index contributed by atoms with van der Waals surface area (Å²) in [5.41, 5.74) is 2.30. The number of rotatable bonds is 3. The summed E-state index contributed by atoms with van der Waals surface area (Å²) in [5.74, 6) is -0.791. The van der Waals surface area contributed by atoms with E-state index in [1.54, 1.807) is 23.1 Å². The van der Waals surface area contributed by atoms with Crippen LogP contribution < -0.4 is 0 Å². The number of halogens is 1. The smallest absolute Gasteiger partial charge is 0.261 e. The van der Waals surface area contributed by atoms with Gasteiger partial charge >= 0.3 is 0 Å². The third-order valence-corrected chi connectivity index (χ3v) is 5.57. The van der Waals surface area contributed by atoms with Crippen LogP contribution in [0.1, 0.15) is 36.6 Å². The first kappa shape index (κ1) is 18.7. The molecule has 6 nitrogen and oxygen atoms in total. The van der Waals surface area contributed by atoms with Crippen LogP contribution >= 0.6 is 11.6 Å². The normalized spacial score (nSPS) is 17.2. The first-order valence-corrected chi connectivity index (χ1v) is 9.54. The topological polar surface area (TPSA) is 60.9 Å². The quantitative estimate of drug-likeness (QED) is 0.747. The van der Waals surface area contributed by atoms with Crippen molar-refractivity contribution >= 4 is 29.3 Å². The first-order valence-electron chi connectivity index (χ1n) is 9.16. The van der Waals surface area contributed by atoms with E-state index in [4.69, 9.17) is 11.6 Å². The number of amides is 3. The van der Waals surface area contributed by atoms with Gasteiger partial charge in [-0.3, -0.25) is 24.2 Å². The van der Waals surface area contributed by atoms with Crippen LogP contribution in [0.15, 0.2) is 42.5 Å². The minimum atomic E-state index is -0.359. The number of benzene rings is 2. The highest BCUT2D eigenvalue weighted by molar-refractivity contribution is 6.30. The van der Waals surface area contributed by atoms with E-state index in [2.05, 4.69) is 4.90 Å². The molecule has 1 saturated heterocycles. The van der Waals surface area contributed by atoms with Gasteiger partial charge in [-0.2, -0.15) is 0 Å². The molecule has 1 fully saturated rings. The van der Waals surface area contributed by atoms with Gasteiger partial charge in [-0.05, 0) is 35.9 Å². The van der Waals surface area contributed by atoms with Gasteiger partial charge in [0.25, 0.3) is 17.7 Å². The lowest BCUT2D eigenvalue weighted by atomic mass is 10.0. The van der Waals surface area contributed by atoms with Crippen molar-refractivity contribution in [1.82, 2.24) is 14.7 Å². The van der Waals surface area contributed by atoms with Crippen molar-refractivity contribution in [3.8, 4) is 0 Å². The van der Waals surface area contributed by atoms with Crippen molar-refractivity contribution in [2.75, 3.05) is 33.2 Å². The number of hydrogen-bond donors (Lipinski definition) is 0. The number of hydrogen-bond acceptors (Lipinski definition) is 4. The summed E-state index contributed by atoms with van der Waals surface area (Å²) in [6, 6.07) is 12.5. The Bertz CT molecular complexity index is 950. The molecule has 0 aromatic heterocycles. The average molecular weight is 398 g/mol. The van der Waals surface area contributed by atoms with E-state index >= 15 is 0 Å². The lowest BCUT2D eigenvalue weighted by Crippen LogP contribution is -2.48. The van der Waals surface area contributed by atoms with Gasteiger partial charge in [0.1, 0.15) is 0 Å². The Morgan fingerprint density at radius 2 is 1.57 bits per heavy atom. The molecule has 0 bridgehead atoms. The van der Waals surface area contributed by atoms with Gasteiger partial charge in [0.05, 0.1) is 11.1 Å². The molecule has 28 heavy (non-hydrogen) atoms. The Labute approximate surface area is 168 Å². The van der Waals surface area contributed by atoms with E-state index in [-0.39, 0.29) is 17.7 Å². The van der Waals surface area contributed by atoms with E-state index in [1.165, 1.54) is 12.6 Å². The lowest BCUT2D eigenvalue weighted by molar-refractivity contribution is 0.0627. The second-order valence-electron chi connectivity index (χ2n) is 7.12. The first-order chi connectivity index (χ1) is 13.4. The van der Waals surface area contributed by atoms with Crippen molar-refractivity contribution in [2.24, 2.45) is 0 Å². The SMILES string of the molecule is CN1C(=O)c2ccc(C(=O)N3CCN(Cc4ccc(Cl)cc4)CC3)cc2C1=O. The predicted molar refractivity (Wildman–Crippen MR) is 105 cm³/mol. The van der Waals surface area contributed by atoms with Gasteiger partial charge in [-0.25, -0.2) is 0 Å². The molecule has 2 aromatic rings. The number of fused-ring (bicyclic) bond motifs is 1. The Balaban J connectivity index is 1.40. The highest BCUT2D eigenvalue weighted by Crippen LogP contribution is 2.23. The predicted octanol–water partition coefficient (Wildman–Crippen LogP) is 2.52. The summed E-state index contributed by atoms with van der Waals surface area (Å²) in [5, 5.41) is 0.722. The Morgan fingerprint density at radius 3 is 2.25 bits per heavy atom. The van der Waals surface area contributed by atoms with Crippen LogP contribution in [-0.2, 0) is 6.54 Å². The molecular weight excluding hydrogens is 378 g/mol. The molecule has 0 unspecified atom stereocenters. The van der Waals surface area contributed by atoms with Crippen molar-refractivity contribution < 1.29 is 14.4 Å². The third-order valence-electron chi connectivity index (χ3n) is 5.32. The van der Waals surface area contributed by atoms with Gasteiger partial charge in [-0.1, -0.05) is 23.7 Å². The van der Waals surface area contributed by atoms with Crippen LogP contribution in [0.3, 0.4) is 0 Å². The van der Waals surface area contributed by atoms with Crippen molar-refractivity contribution in [1.29, 1.82) is 0 Å². The van der Waals surface area contributed by atoms with Crippen molar-refractivity contribution in [2.45, 2.75) is 6.54 Å². The van der Waals surface area contributed by atoms with Crippen molar-refractivity contribution in [3.63, 3.8) is 0 Å². The second-order valence-corrected chi connectivity index (χ2v) is 7.56. The zero-order valence-electron chi connectivity index (χ0n) is 15.5. The highest BCUT2D eigenvalue weighted by Gasteiger charge is 2.33. The monoisotopic (exact) mass is 397 g/mol. The van der Waals surface area contributed by atoms with Crippen LogP contribution in [0.4, 0.5) is 0 Å². The summed E-state index contributed by atoms with van der Waals surface area (Å²) in [4.78, 5) is 42.2. The molecular formula is C21H20ClN3O3. The van der Waals surface area contributed by atoms with Gasteiger partial charge in [-0.15, -0.1) is 0 Å². The van der Waals surface area contributed by atoms with Gasteiger partial charge in [0.15, 0.2) is 0 Å². The number of nitrogens with zero attached hydrogens (tertiary/aromatic N) is 3. The summed E-state index contributed by atoms with van der Waals surface area (Å²) in [7, 11) is 1.45. The summed E-state index contributed by atoms with van der Waals surface area (Å²) < 4.78 is 0. The zero-order chi connectivity index (χ0) is 19.8. The van der Waals surface area contributed by atoms with Gasteiger partial charge in [0.2, 0.25) is 0 Å². The Kier molecular flexibility index (Phi) is 4.91. The minimum absolute atomic E-state index is 0.108. The van der Waals surface area contributed by atoms with E-state index < -0.39 is 0 Å². The number of carbonyl (C=O) groups is 3. The summed E-state index contributed by atoms with van der Waals surface area (Å²) in [6.07, 6.45) is 0. The molecule has 0 N–H and O–H groups in total. The van der Waals surface area contributed by atoms with Crippen LogP contribution in [0.2, 0.25) is 5.02 Å². The maximum Gasteiger partial charge on any atom is 0.261 e. The van der Waals surface area contributed by atoms with E-state index in [0.29, 0.717) is 29.8 Å². The van der Waals surface area contributed by atoms with Gasteiger partial charge < -0.3 is 4.90 Å². The molecule has 0 spiro atoms. The molecule has 3 amide bonds. The summed E-state index contributed by atoms with van der Waals surface area (Å²) >= 11 is 5.93. The molecule has 2 aliphatic rings. The third kappa shape index (κ3) is 3.41. The maximum absolute atomic E-state index is 12.9. The number of carbonyl (C=O) groups excluding carboxylic acids is 3. The Hall–Kier alpha value is -2.70. The average Bonchev–Trinajstić information content (AvgIpc) is 2.93. The molecule has 2 aliphatic heterocycles. The maximum atomic E-state index is 12.9. The molecule has 2 aromatic carbocycles. The molecule has 0 saturated carbocycles. The number of imide groups is 1. The van der Waals surface area contributed by atoms with Gasteiger partial charge in [0, 0.05) is 50.4 Å². The zero-order valence-corrected chi connectivity index (χ0v) is 16.3. The molecule has 0 atom stereocenters. The van der Waals surface area contributed by atoms with Crippen LogP contribution in [-0.4, -0.2) is 65.6 Å². The standard InChI is InChI=1S/C21H20ClN3O3/c1-23-20(27)17-7-4-15(12-18(17)21(23)28)19(26)25-10-8-24(9-11-25)13-14-2-5-16(22)6-3-14/h2-7,12H,8-11,13H2,1H3. The molecule has 0 aliphatic carbocycles. The van der Waals surface area contributed by atoms with Crippen LogP contribution in [0.5, 0.6) is 0 Å². The largest absolute Gasteiger partial charge is 0.336 e. The van der Waals surface area contributed by atoms with E-state index in [9.17, 15) is 14.4 Å². The fourth-order valence-electron chi connectivity index (χ4n) is 3.63. The van der Waals surface area contributed by atoms with Crippen molar-refractivity contribution in [3.05, 3.63) is 69.7 Å². The second kappa shape index (κ2) is 7.37. The molecule has 144 valence electrons. The number of piperazine rings is 1. The molecule has 7 heteroatoms. The summed E-state index contributed by atoms with van der Waals surface area (Å²) in [6.45, 7) is 3.62. The highest BCUT2D eigenvalue weighted by atomic mass is 35.5. The molecule has 2 heterocycles. The minimum Gasteiger partial charge on any atom is -0.336 e.